The zero-order valence-corrected chi connectivity index (χ0v) is 18.9. The van der Waals surface area contributed by atoms with E-state index in [2.05, 4.69) is 15.2 Å². The van der Waals surface area contributed by atoms with Crippen LogP contribution in [0.25, 0.3) is 6.08 Å². The van der Waals surface area contributed by atoms with Crippen LogP contribution in [0.15, 0.2) is 87.8 Å². The lowest BCUT2D eigenvalue weighted by atomic mass is 10.2. The number of hydrogen-bond acceptors (Lipinski definition) is 7. The van der Waals surface area contributed by atoms with Crippen molar-refractivity contribution in [2.75, 3.05) is 17.3 Å². The number of hydrazone groups is 1. The molecule has 9 nitrogen and oxygen atoms in total. The molecule has 11 heteroatoms. The molecule has 3 aromatic rings. The maximum absolute atomic E-state index is 12.7. The molecular formula is C22H19ClN4O5S. The molecule has 0 saturated carbocycles. The first-order valence-electron chi connectivity index (χ1n) is 9.45. The average Bonchev–Trinajstić information content (AvgIpc) is 2.80. The van der Waals surface area contributed by atoms with Crippen LogP contribution >= 0.6 is 11.6 Å². The fourth-order valence-corrected chi connectivity index (χ4v) is 3.96. The third kappa shape index (κ3) is 6.55. The van der Waals surface area contributed by atoms with Crippen molar-refractivity contribution in [2.45, 2.75) is 4.90 Å². The van der Waals surface area contributed by atoms with E-state index in [1.807, 2.05) is 30.3 Å². The number of nitrogens with one attached hydrogen (secondary N) is 2. The van der Waals surface area contributed by atoms with Crippen LogP contribution in [0, 0.1) is 10.1 Å². The molecule has 2 N–H and O–H groups in total. The van der Waals surface area contributed by atoms with Crippen LogP contribution in [-0.4, -0.2) is 26.7 Å². The number of rotatable bonds is 9. The van der Waals surface area contributed by atoms with Gasteiger partial charge in [-0.15, -0.1) is 0 Å². The van der Waals surface area contributed by atoms with Crippen molar-refractivity contribution < 1.29 is 18.1 Å². The Morgan fingerprint density at radius 3 is 2.42 bits per heavy atom. The van der Waals surface area contributed by atoms with Gasteiger partial charge in [-0.2, -0.15) is 5.10 Å². The second-order valence-corrected chi connectivity index (χ2v) is 8.70. The zero-order valence-electron chi connectivity index (χ0n) is 17.3. The van der Waals surface area contributed by atoms with Crippen molar-refractivity contribution >= 4 is 51.0 Å². The lowest BCUT2D eigenvalue weighted by molar-refractivity contribution is -0.384. The molecule has 0 atom stereocenters. The number of ether oxygens (including phenoxy) is 1. The normalized spacial score (nSPS) is 11.9. The average molecular weight is 487 g/mol. The number of nitro groups is 1. The summed E-state index contributed by atoms with van der Waals surface area (Å²) in [5.41, 5.74) is 3.21. The zero-order chi connectivity index (χ0) is 23.8. The Bertz CT molecular complexity index is 1290. The minimum absolute atomic E-state index is 0.00354. The number of nitro benzene ring substituents is 1. The first-order chi connectivity index (χ1) is 15.8. The van der Waals surface area contributed by atoms with Crippen molar-refractivity contribution in [3.8, 4) is 5.75 Å². The van der Waals surface area contributed by atoms with E-state index in [0.29, 0.717) is 10.8 Å². The molecular weight excluding hydrogens is 468 g/mol. The largest absolute Gasteiger partial charge is 0.497 e. The standard InChI is InChI=1S/C22H19ClN4O5S/c1-32-19-9-7-18(8-10-19)26-33(30,31)20-11-12-21(22(14-20)27(28)29)25-24-15-17(23)13-16-5-3-2-4-6-16/h2-15,25-26H,1H3. The van der Waals surface area contributed by atoms with Crippen molar-refractivity contribution in [3.05, 3.63) is 93.5 Å². The number of methoxy groups -OCH3 is 1. The van der Waals surface area contributed by atoms with Crippen molar-refractivity contribution in [2.24, 2.45) is 5.10 Å². The van der Waals surface area contributed by atoms with E-state index in [0.717, 1.165) is 11.6 Å². The van der Waals surface area contributed by atoms with E-state index in [4.69, 9.17) is 16.3 Å². The van der Waals surface area contributed by atoms with Crippen LogP contribution in [-0.2, 0) is 10.0 Å². The predicted molar refractivity (Wildman–Crippen MR) is 129 cm³/mol. The van der Waals surface area contributed by atoms with E-state index >= 15 is 0 Å². The van der Waals surface area contributed by atoms with E-state index in [9.17, 15) is 18.5 Å². The lowest BCUT2D eigenvalue weighted by Crippen LogP contribution is -2.13. The molecule has 170 valence electrons. The molecule has 0 heterocycles. The van der Waals surface area contributed by atoms with Gasteiger partial charge in [0.1, 0.15) is 11.4 Å². The SMILES string of the molecule is COc1ccc(NS(=O)(=O)c2ccc(NN=CC(Cl)=Cc3ccccc3)c([N+](=O)[O-])c2)cc1. The van der Waals surface area contributed by atoms with Crippen LogP contribution in [0.3, 0.4) is 0 Å². The van der Waals surface area contributed by atoms with Gasteiger partial charge in [0.25, 0.3) is 15.7 Å². The van der Waals surface area contributed by atoms with Gasteiger partial charge in [0.15, 0.2) is 0 Å². The lowest BCUT2D eigenvalue weighted by Gasteiger charge is -2.10. The van der Waals surface area contributed by atoms with E-state index < -0.39 is 20.6 Å². The summed E-state index contributed by atoms with van der Waals surface area (Å²) in [6, 6.07) is 18.9. The van der Waals surface area contributed by atoms with Crippen LogP contribution in [0.2, 0.25) is 0 Å². The predicted octanol–water partition coefficient (Wildman–Crippen LogP) is 5.08. The number of anilines is 2. The van der Waals surface area contributed by atoms with Crippen LogP contribution in [0.5, 0.6) is 5.75 Å². The molecule has 0 unspecified atom stereocenters. The van der Waals surface area contributed by atoms with Gasteiger partial charge < -0.3 is 4.74 Å². The molecule has 3 rings (SSSR count). The Labute approximate surface area is 195 Å². The summed E-state index contributed by atoms with van der Waals surface area (Å²) in [5.74, 6) is 0.559. The van der Waals surface area contributed by atoms with Gasteiger partial charge in [-0.25, -0.2) is 8.42 Å². The molecule has 0 amide bonds. The number of halogens is 1. The van der Waals surface area contributed by atoms with Crippen LogP contribution < -0.4 is 14.9 Å². The molecule has 0 aliphatic carbocycles. The highest BCUT2D eigenvalue weighted by atomic mass is 35.5. The van der Waals surface area contributed by atoms with Crippen LogP contribution in [0.4, 0.5) is 17.1 Å². The highest BCUT2D eigenvalue weighted by Gasteiger charge is 2.21. The molecule has 0 aromatic heterocycles. The van der Waals surface area contributed by atoms with E-state index in [1.54, 1.807) is 18.2 Å². The molecule has 3 aromatic carbocycles. The quantitative estimate of drug-likeness (QED) is 0.247. The molecule has 0 aliphatic heterocycles. The topological polar surface area (TPSA) is 123 Å². The maximum Gasteiger partial charge on any atom is 0.295 e. The molecule has 0 bridgehead atoms. The Balaban J connectivity index is 1.78. The Morgan fingerprint density at radius 2 is 1.79 bits per heavy atom. The van der Waals surface area contributed by atoms with Gasteiger partial charge in [-0.3, -0.25) is 20.3 Å². The van der Waals surface area contributed by atoms with Crippen molar-refractivity contribution in [3.63, 3.8) is 0 Å². The molecule has 0 spiro atoms. The smallest absolute Gasteiger partial charge is 0.295 e. The van der Waals surface area contributed by atoms with E-state index in [-0.39, 0.29) is 16.3 Å². The number of hydrogen-bond donors (Lipinski definition) is 2. The molecule has 0 radical (unpaired) electrons. The van der Waals surface area contributed by atoms with Gasteiger partial charge in [0, 0.05) is 11.8 Å². The van der Waals surface area contributed by atoms with Crippen LogP contribution in [0.1, 0.15) is 5.56 Å². The molecule has 33 heavy (non-hydrogen) atoms. The van der Waals surface area contributed by atoms with Gasteiger partial charge >= 0.3 is 0 Å². The molecule has 0 saturated heterocycles. The number of allylic oxidation sites excluding steroid dienone is 1. The highest BCUT2D eigenvalue weighted by Crippen LogP contribution is 2.29. The van der Waals surface area contributed by atoms with Gasteiger partial charge in [0.05, 0.1) is 28.2 Å². The second kappa shape index (κ2) is 10.6. The summed E-state index contributed by atoms with van der Waals surface area (Å²) >= 11 is 6.11. The van der Waals surface area contributed by atoms with Crippen molar-refractivity contribution in [1.82, 2.24) is 0 Å². The third-order valence-corrected chi connectivity index (χ3v) is 5.88. The summed E-state index contributed by atoms with van der Waals surface area (Å²) in [5, 5.41) is 15.7. The van der Waals surface area contributed by atoms with E-state index in [1.165, 1.54) is 37.6 Å². The minimum Gasteiger partial charge on any atom is -0.497 e. The Hall–Kier alpha value is -3.89. The number of sulfonamides is 1. The summed E-state index contributed by atoms with van der Waals surface area (Å²) in [7, 11) is -2.57. The monoisotopic (exact) mass is 486 g/mol. The van der Waals surface area contributed by atoms with Gasteiger partial charge in [0.2, 0.25) is 0 Å². The summed E-state index contributed by atoms with van der Waals surface area (Å²) in [6.45, 7) is 0. The number of nitrogens with zero attached hydrogens (tertiary/aromatic N) is 2. The highest BCUT2D eigenvalue weighted by molar-refractivity contribution is 7.92. The maximum atomic E-state index is 12.7. The summed E-state index contributed by atoms with van der Waals surface area (Å²) < 4.78 is 32.8. The second-order valence-electron chi connectivity index (χ2n) is 6.58. The molecule has 0 fully saturated rings. The minimum atomic E-state index is -4.07. The van der Waals surface area contributed by atoms with Gasteiger partial charge in [-0.05, 0) is 48.0 Å². The first kappa shape index (κ1) is 23.8. The Kier molecular flexibility index (Phi) is 7.65. The van der Waals surface area contributed by atoms with Gasteiger partial charge in [-0.1, -0.05) is 41.9 Å². The summed E-state index contributed by atoms with van der Waals surface area (Å²) in [4.78, 5) is 10.5. The third-order valence-electron chi connectivity index (χ3n) is 4.30. The molecule has 0 aliphatic rings. The number of benzene rings is 3. The fraction of sp³-hybridized carbons (Fsp3) is 0.0455. The summed E-state index contributed by atoms with van der Waals surface area (Å²) in [6.07, 6.45) is 2.95. The fourth-order valence-electron chi connectivity index (χ4n) is 2.71. The van der Waals surface area contributed by atoms with Crippen molar-refractivity contribution in [1.29, 1.82) is 0 Å². The first-order valence-corrected chi connectivity index (χ1v) is 11.3. The Morgan fingerprint density at radius 1 is 1.09 bits per heavy atom.